The summed E-state index contributed by atoms with van der Waals surface area (Å²) < 4.78 is 0. The SMILES string of the molecule is CCC(C)(CC)C12C=CC(C1)C(C(=O)O)C2. The molecule has 2 nitrogen and oxygen atoms in total. The molecule has 3 unspecified atom stereocenters. The standard InChI is InChI=1S/C14H22O2/c1-4-13(3,5-2)14-7-6-10(8-14)11(9-14)12(15)16/h6-7,10-11H,4-5,8-9H2,1-3H3,(H,15,16). The minimum Gasteiger partial charge on any atom is -0.481 e. The zero-order chi connectivity index (χ0) is 12.0. The highest BCUT2D eigenvalue weighted by Crippen LogP contribution is 2.63. The summed E-state index contributed by atoms with van der Waals surface area (Å²) in [5, 5.41) is 9.23. The van der Waals surface area contributed by atoms with E-state index in [2.05, 4.69) is 32.9 Å². The fourth-order valence-corrected chi connectivity index (χ4v) is 3.75. The summed E-state index contributed by atoms with van der Waals surface area (Å²) in [6.45, 7) is 6.78. The van der Waals surface area contributed by atoms with Gasteiger partial charge in [0, 0.05) is 0 Å². The number of carboxylic acid groups (broad SMARTS) is 1. The molecule has 0 spiro atoms. The van der Waals surface area contributed by atoms with Gasteiger partial charge in [-0.3, -0.25) is 4.79 Å². The van der Waals surface area contributed by atoms with E-state index >= 15 is 0 Å². The summed E-state index contributed by atoms with van der Waals surface area (Å²) in [7, 11) is 0. The van der Waals surface area contributed by atoms with E-state index in [0.29, 0.717) is 0 Å². The molecular formula is C14H22O2. The lowest BCUT2D eigenvalue weighted by atomic mass is 9.60. The lowest BCUT2D eigenvalue weighted by Gasteiger charge is -2.44. The van der Waals surface area contributed by atoms with Crippen LogP contribution in [0.3, 0.4) is 0 Å². The van der Waals surface area contributed by atoms with Gasteiger partial charge in [-0.1, -0.05) is 32.9 Å². The lowest BCUT2D eigenvalue weighted by Crippen LogP contribution is -2.36. The number of fused-ring (bicyclic) bond motifs is 2. The van der Waals surface area contributed by atoms with Gasteiger partial charge in [-0.2, -0.15) is 0 Å². The first-order valence-corrected chi connectivity index (χ1v) is 6.40. The average Bonchev–Trinajstić information content (AvgIpc) is 2.86. The average molecular weight is 222 g/mol. The van der Waals surface area contributed by atoms with Gasteiger partial charge in [-0.05, 0) is 42.4 Å². The van der Waals surface area contributed by atoms with E-state index in [1.165, 1.54) is 0 Å². The second kappa shape index (κ2) is 3.61. The van der Waals surface area contributed by atoms with E-state index in [9.17, 15) is 9.90 Å². The van der Waals surface area contributed by atoms with Crippen molar-refractivity contribution in [1.82, 2.24) is 0 Å². The normalized spacial score (nSPS) is 36.9. The Balaban J connectivity index is 2.30. The molecule has 0 aromatic heterocycles. The molecule has 2 aliphatic carbocycles. The quantitative estimate of drug-likeness (QED) is 0.739. The van der Waals surface area contributed by atoms with Crippen LogP contribution < -0.4 is 0 Å². The third-order valence-electron chi connectivity index (χ3n) is 5.44. The monoisotopic (exact) mass is 222 g/mol. The predicted octanol–water partition coefficient (Wildman–Crippen LogP) is 3.48. The minimum atomic E-state index is -0.606. The van der Waals surface area contributed by atoms with E-state index in [-0.39, 0.29) is 22.7 Å². The summed E-state index contributed by atoms with van der Waals surface area (Å²) in [6, 6.07) is 0. The third-order valence-corrected chi connectivity index (χ3v) is 5.44. The molecule has 2 bridgehead atoms. The summed E-state index contributed by atoms with van der Waals surface area (Å²) in [5.41, 5.74) is 0.423. The Bertz CT molecular complexity index is 328. The van der Waals surface area contributed by atoms with Gasteiger partial charge in [-0.15, -0.1) is 0 Å². The molecule has 2 heteroatoms. The Morgan fingerprint density at radius 2 is 2.06 bits per heavy atom. The van der Waals surface area contributed by atoms with Crippen LogP contribution in [0, 0.1) is 22.7 Å². The number of aliphatic carboxylic acids is 1. The van der Waals surface area contributed by atoms with Crippen molar-refractivity contribution in [1.29, 1.82) is 0 Å². The van der Waals surface area contributed by atoms with Crippen molar-refractivity contribution in [3.05, 3.63) is 12.2 Å². The predicted molar refractivity (Wildman–Crippen MR) is 64.1 cm³/mol. The molecule has 3 atom stereocenters. The van der Waals surface area contributed by atoms with Crippen LogP contribution in [0.2, 0.25) is 0 Å². The van der Waals surface area contributed by atoms with E-state index in [0.717, 1.165) is 25.7 Å². The fourth-order valence-electron chi connectivity index (χ4n) is 3.75. The van der Waals surface area contributed by atoms with E-state index in [1.54, 1.807) is 0 Å². The van der Waals surface area contributed by atoms with Gasteiger partial charge in [-0.25, -0.2) is 0 Å². The Labute approximate surface area is 97.7 Å². The van der Waals surface area contributed by atoms with Crippen molar-refractivity contribution in [2.45, 2.75) is 46.5 Å². The van der Waals surface area contributed by atoms with Crippen molar-refractivity contribution in [2.75, 3.05) is 0 Å². The first-order chi connectivity index (χ1) is 7.48. The maximum Gasteiger partial charge on any atom is 0.307 e. The van der Waals surface area contributed by atoms with Crippen LogP contribution in [0.5, 0.6) is 0 Å². The molecule has 0 aliphatic heterocycles. The zero-order valence-electron chi connectivity index (χ0n) is 10.5. The zero-order valence-corrected chi connectivity index (χ0v) is 10.5. The second-order valence-electron chi connectivity index (χ2n) is 5.80. The summed E-state index contributed by atoms with van der Waals surface area (Å²) in [6.07, 6.45) is 8.65. The smallest absolute Gasteiger partial charge is 0.307 e. The highest BCUT2D eigenvalue weighted by molar-refractivity contribution is 5.72. The number of allylic oxidation sites excluding steroid dienone is 2. The topological polar surface area (TPSA) is 37.3 Å². The minimum absolute atomic E-state index is 0.137. The molecule has 1 saturated carbocycles. The van der Waals surface area contributed by atoms with Gasteiger partial charge in [0.25, 0.3) is 0 Å². The van der Waals surface area contributed by atoms with E-state index in [4.69, 9.17) is 0 Å². The van der Waals surface area contributed by atoms with Gasteiger partial charge in [0.05, 0.1) is 5.92 Å². The van der Waals surface area contributed by atoms with Crippen molar-refractivity contribution in [3.63, 3.8) is 0 Å². The highest BCUT2D eigenvalue weighted by Gasteiger charge is 2.56. The maximum atomic E-state index is 11.2. The Hall–Kier alpha value is -0.790. The van der Waals surface area contributed by atoms with Gasteiger partial charge in [0.2, 0.25) is 0 Å². The second-order valence-corrected chi connectivity index (χ2v) is 5.80. The maximum absolute atomic E-state index is 11.2. The van der Waals surface area contributed by atoms with Crippen molar-refractivity contribution in [3.8, 4) is 0 Å². The summed E-state index contributed by atoms with van der Waals surface area (Å²) in [4.78, 5) is 11.2. The first kappa shape index (κ1) is 11.7. The number of hydrogen-bond acceptors (Lipinski definition) is 1. The molecule has 0 saturated heterocycles. The number of carbonyl (C=O) groups is 1. The van der Waals surface area contributed by atoms with Gasteiger partial charge < -0.3 is 5.11 Å². The molecule has 0 aromatic carbocycles. The molecule has 16 heavy (non-hydrogen) atoms. The largest absolute Gasteiger partial charge is 0.481 e. The van der Waals surface area contributed by atoms with Crippen LogP contribution in [-0.2, 0) is 4.79 Å². The summed E-state index contributed by atoms with van der Waals surface area (Å²) in [5.74, 6) is -0.455. The molecule has 2 rings (SSSR count). The number of carboxylic acids is 1. The third kappa shape index (κ3) is 1.35. The Kier molecular flexibility index (Phi) is 2.64. The molecule has 1 N–H and O–H groups in total. The van der Waals surface area contributed by atoms with Gasteiger partial charge in [0.1, 0.15) is 0 Å². The molecule has 90 valence electrons. The molecule has 1 fully saturated rings. The van der Waals surface area contributed by atoms with Crippen LogP contribution in [-0.4, -0.2) is 11.1 Å². The molecule has 0 aromatic rings. The molecule has 0 radical (unpaired) electrons. The number of hydrogen-bond donors (Lipinski definition) is 1. The molecule has 0 amide bonds. The Morgan fingerprint density at radius 1 is 1.44 bits per heavy atom. The van der Waals surface area contributed by atoms with Gasteiger partial charge >= 0.3 is 5.97 Å². The molecule has 2 aliphatic rings. The van der Waals surface area contributed by atoms with Gasteiger partial charge in [0.15, 0.2) is 0 Å². The Morgan fingerprint density at radius 3 is 2.50 bits per heavy atom. The molecular weight excluding hydrogens is 200 g/mol. The number of rotatable bonds is 4. The van der Waals surface area contributed by atoms with E-state index < -0.39 is 5.97 Å². The first-order valence-electron chi connectivity index (χ1n) is 6.40. The highest BCUT2D eigenvalue weighted by atomic mass is 16.4. The van der Waals surface area contributed by atoms with Crippen LogP contribution in [0.15, 0.2) is 12.2 Å². The van der Waals surface area contributed by atoms with Crippen LogP contribution >= 0.6 is 0 Å². The van der Waals surface area contributed by atoms with Crippen LogP contribution in [0.25, 0.3) is 0 Å². The van der Waals surface area contributed by atoms with Crippen molar-refractivity contribution in [2.24, 2.45) is 22.7 Å². The van der Waals surface area contributed by atoms with Crippen LogP contribution in [0.1, 0.15) is 46.5 Å². The summed E-state index contributed by atoms with van der Waals surface area (Å²) >= 11 is 0. The van der Waals surface area contributed by atoms with Crippen molar-refractivity contribution >= 4 is 5.97 Å². The van der Waals surface area contributed by atoms with E-state index in [1.807, 2.05) is 0 Å². The fraction of sp³-hybridized carbons (Fsp3) is 0.786. The lowest BCUT2D eigenvalue weighted by molar-refractivity contribution is -0.142. The van der Waals surface area contributed by atoms with Crippen molar-refractivity contribution < 1.29 is 9.90 Å². The van der Waals surface area contributed by atoms with Crippen LogP contribution in [0.4, 0.5) is 0 Å². The molecule has 0 heterocycles.